The highest BCUT2D eigenvalue weighted by Gasteiger charge is 2.15. The third kappa shape index (κ3) is 1.69. The predicted molar refractivity (Wildman–Crippen MR) is 62.2 cm³/mol. The Morgan fingerprint density at radius 2 is 2.19 bits per heavy atom. The van der Waals surface area contributed by atoms with Gasteiger partial charge >= 0.3 is 0 Å². The van der Waals surface area contributed by atoms with E-state index < -0.39 is 0 Å². The van der Waals surface area contributed by atoms with Gasteiger partial charge in [-0.3, -0.25) is 4.79 Å². The van der Waals surface area contributed by atoms with Crippen molar-refractivity contribution in [3.05, 3.63) is 47.5 Å². The monoisotopic (exact) mass is 215 g/mol. The van der Waals surface area contributed by atoms with E-state index in [-0.39, 0.29) is 5.78 Å². The molecule has 4 nitrogen and oxygen atoms in total. The topological polar surface area (TPSA) is 60.9 Å². The first-order valence-electron chi connectivity index (χ1n) is 4.97. The number of hydrogen-bond acceptors (Lipinski definition) is 3. The van der Waals surface area contributed by atoms with Crippen molar-refractivity contribution < 1.29 is 4.79 Å². The zero-order valence-electron chi connectivity index (χ0n) is 9.27. The van der Waals surface area contributed by atoms with Gasteiger partial charge in [-0.25, -0.2) is 4.98 Å². The number of imidazole rings is 1. The molecule has 1 aromatic heterocycles. The minimum atomic E-state index is -0.0997. The number of hydrogen-bond donors (Lipinski definition) is 1. The molecule has 16 heavy (non-hydrogen) atoms. The Hall–Kier alpha value is -2.10. The van der Waals surface area contributed by atoms with Gasteiger partial charge in [-0.2, -0.15) is 0 Å². The van der Waals surface area contributed by atoms with Crippen LogP contribution in [0.2, 0.25) is 0 Å². The van der Waals surface area contributed by atoms with Crippen molar-refractivity contribution >= 4 is 11.5 Å². The van der Waals surface area contributed by atoms with Gasteiger partial charge in [0.25, 0.3) is 0 Å². The fraction of sp³-hybridized carbons (Fsp3) is 0.167. The van der Waals surface area contributed by atoms with Crippen LogP contribution in [0.5, 0.6) is 0 Å². The van der Waals surface area contributed by atoms with Crippen LogP contribution in [0.15, 0.2) is 30.6 Å². The van der Waals surface area contributed by atoms with Gasteiger partial charge < -0.3 is 10.3 Å². The summed E-state index contributed by atoms with van der Waals surface area (Å²) < 4.78 is 1.70. The number of nitrogens with zero attached hydrogens (tertiary/aromatic N) is 2. The fourth-order valence-electron chi connectivity index (χ4n) is 1.59. The lowest BCUT2D eigenvalue weighted by atomic mass is 10.0. The highest BCUT2D eigenvalue weighted by molar-refractivity contribution is 6.08. The summed E-state index contributed by atoms with van der Waals surface area (Å²) in [6.07, 6.45) is 3.35. The quantitative estimate of drug-likeness (QED) is 0.610. The number of aromatic nitrogens is 2. The average molecular weight is 215 g/mol. The van der Waals surface area contributed by atoms with Crippen molar-refractivity contribution in [2.75, 3.05) is 5.73 Å². The van der Waals surface area contributed by atoms with Crippen molar-refractivity contribution in [1.82, 2.24) is 9.55 Å². The van der Waals surface area contributed by atoms with Crippen molar-refractivity contribution in [2.45, 2.75) is 6.92 Å². The second kappa shape index (κ2) is 3.81. The van der Waals surface area contributed by atoms with Crippen LogP contribution in [-0.4, -0.2) is 15.3 Å². The Kier molecular flexibility index (Phi) is 2.48. The third-order valence-electron chi connectivity index (χ3n) is 2.53. The molecule has 0 aliphatic carbocycles. The first-order valence-corrected chi connectivity index (χ1v) is 4.97. The van der Waals surface area contributed by atoms with E-state index in [0.29, 0.717) is 17.1 Å². The van der Waals surface area contributed by atoms with Crippen LogP contribution in [0, 0.1) is 6.92 Å². The van der Waals surface area contributed by atoms with Gasteiger partial charge in [0.05, 0.1) is 0 Å². The third-order valence-corrected chi connectivity index (χ3v) is 2.53. The lowest BCUT2D eigenvalue weighted by Gasteiger charge is -2.05. The Balaban J connectivity index is 2.49. The zero-order chi connectivity index (χ0) is 11.7. The smallest absolute Gasteiger partial charge is 0.228 e. The highest BCUT2D eigenvalue weighted by atomic mass is 16.1. The van der Waals surface area contributed by atoms with Crippen molar-refractivity contribution in [1.29, 1.82) is 0 Å². The highest BCUT2D eigenvalue weighted by Crippen LogP contribution is 2.16. The van der Waals surface area contributed by atoms with E-state index in [2.05, 4.69) is 4.98 Å². The van der Waals surface area contributed by atoms with Crippen molar-refractivity contribution in [3.8, 4) is 0 Å². The molecule has 1 heterocycles. The van der Waals surface area contributed by atoms with Crippen molar-refractivity contribution in [2.24, 2.45) is 7.05 Å². The minimum absolute atomic E-state index is 0.0997. The average Bonchev–Trinajstić information content (AvgIpc) is 2.67. The van der Waals surface area contributed by atoms with Gasteiger partial charge in [0, 0.05) is 30.7 Å². The second-order valence-corrected chi connectivity index (χ2v) is 3.77. The number of anilines is 1. The van der Waals surface area contributed by atoms with Crippen LogP contribution in [0.1, 0.15) is 21.7 Å². The van der Waals surface area contributed by atoms with Crippen LogP contribution >= 0.6 is 0 Å². The number of aryl methyl sites for hydroxylation is 2. The Bertz CT molecular complexity index is 543. The molecule has 0 unspecified atom stereocenters. The molecule has 0 saturated heterocycles. The van der Waals surface area contributed by atoms with E-state index in [0.717, 1.165) is 5.56 Å². The summed E-state index contributed by atoms with van der Waals surface area (Å²) in [5, 5.41) is 0. The van der Waals surface area contributed by atoms with E-state index in [1.807, 2.05) is 13.0 Å². The maximum absolute atomic E-state index is 12.2. The van der Waals surface area contributed by atoms with Gasteiger partial charge in [-0.1, -0.05) is 6.07 Å². The van der Waals surface area contributed by atoms with Gasteiger partial charge in [0.1, 0.15) is 0 Å². The molecule has 0 spiro atoms. The van der Waals surface area contributed by atoms with Gasteiger partial charge in [-0.15, -0.1) is 0 Å². The molecule has 0 fully saturated rings. The van der Waals surface area contributed by atoms with E-state index in [9.17, 15) is 4.79 Å². The predicted octanol–water partition coefficient (Wildman–Crippen LogP) is 1.54. The molecule has 0 radical (unpaired) electrons. The number of carbonyl (C=O) groups is 1. The summed E-state index contributed by atoms with van der Waals surface area (Å²) >= 11 is 0. The van der Waals surface area contributed by atoms with E-state index >= 15 is 0 Å². The van der Waals surface area contributed by atoms with Crippen LogP contribution < -0.4 is 5.73 Å². The number of nitrogens with two attached hydrogens (primary N) is 1. The number of carbonyl (C=O) groups excluding carboxylic acids is 1. The van der Waals surface area contributed by atoms with Gasteiger partial charge in [-0.05, 0) is 24.6 Å². The number of nitrogen functional groups attached to an aromatic ring is 1. The Labute approximate surface area is 93.7 Å². The van der Waals surface area contributed by atoms with E-state index in [4.69, 9.17) is 5.73 Å². The van der Waals surface area contributed by atoms with E-state index in [1.165, 1.54) is 0 Å². The minimum Gasteiger partial charge on any atom is -0.399 e. The molecule has 0 bridgehead atoms. The second-order valence-electron chi connectivity index (χ2n) is 3.77. The molecule has 82 valence electrons. The summed E-state index contributed by atoms with van der Waals surface area (Å²) in [6, 6.07) is 5.31. The molecule has 0 aliphatic heterocycles. The van der Waals surface area contributed by atoms with E-state index in [1.54, 1.807) is 36.1 Å². The summed E-state index contributed by atoms with van der Waals surface area (Å²) in [5.74, 6) is 0.325. The molecule has 2 aromatic rings. The number of benzene rings is 1. The summed E-state index contributed by atoms with van der Waals surface area (Å²) in [5.41, 5.74) is 7.77. The van der Waals surface area contributed by atoms with Crippen LogP contribution in [0.25, 0.3) is 0 Å². The molecule has 2 rings (SSSR count). The molecule has 1 aromatic carbocycles. The summed E-state index contributed by atoms with van der Waals surface area (Å²) in [4.78, 5) is 16.2. The largest absolute Gasteiger partial charge is 0.399 e. The fourth-order valence-corrected chi connectivity index (χ4v) is 1.59. The lowest BCUT2D eigenvalue weighted by Crippen LogP contribution is -2.10. The zero-order valence-corrected chi connectivity index (χ0v) is 9.27. The maximum Gasteiger partial charge on any atom is 0.228 e. The summed E-state index contributed by atoms with van der Waals surface area (Å²) in [7, 11) is 1.79. The number of rotatable bonds is 2. The normalized spacial score (nSPS) is 10.4. The Morgan fingerprint density at radius 3 is 2.81 bits per heavy atom. The van der Waals surface area contributed by atoms with Gasteiger partial charge in [0.15, 0.2) is 5.82 Å². The Morgan fingerprint density at radius 1 is 1.44 bits per heavy atom. The molecule has 0 amide bonds. The molecular formula is C12H13N3O. The number of ketones is 1. The SMILES string of the molecule is Cc1ccc(N)cc1C(=O)c1nccn1C. The maximum atomic E-state index is 12.2. The van der Waals surface area contributed by atoms with Gasteiger partial charge in [0.2, 0.25) is 5.78 Å². The van der Waals surface area contributed by atoms with Crippen LogP contribution in [0.3, 0.4) is 0 Å². The molecule has 2 N–H and O–H groups in total. The first-order chi connectivity index (χ1) is 7.59. The lowest BCUT2D eigenvalue weighted by molar-refractivity contribution is 0.102. The summed E-state index contributed by atoms with van der Waals surface area (Å²) in [6.45, 7) is 1.88. The molecular weight excluding hydrogens is 202 g/mol. The first kappa shape index (κ1) is 10.4. The van der Waals surface area contributed by atoms with Crippen LogP contribution in [0.4, 0.5) is 5.69 Å². The van der Waals surface area contributed by atoms with Crippen LogP contribution in [-0.2, 0) is 7.05 Å². The standard InChI is InChI=1S/C12H13N3O/c1-8-3-4-9(13)7-10(8)11(16)12-14-5-6-15(12)2/h3-7H,13H2,1-2H3. The van der Waals surface area contributed by atoms with Crippen molar-refractivity contribution in [3.63, 3.8) is 0 Å². The molecule has 4 heteroatoms. The molecule has 0 aliphatic rings. The molecule has 0 saturated carbocycles. The molecule has 0 atom stereocenters.